The highest BCUT2D eigenvalue weighted by Gasteiger charge is 2.35. The molecule has 122 valence electrons. The van der Waals surface area contributed by atoms with E-state index >= 15 is 0 Å². The van der Waals surface area contributed by atoms with Crippen LogP contribution in [-0.4, -0.2) is 27.4 Å². The zero-order valence-electron chi connectivity index (χ0n) is 13.1. The molecule has 0 saturated carbocycles. The van der Waals surface area contributed by atoms with Gasteiger partial charge in [0, 0.05) is 0 Å². The van der Waals surface area contributed by atoms with Crippen LogP contribution in [0.3, 0.4) is 0 Å². The molecular formula is C18H16FN3OS. The Kier molecular flexibility index (Phi) is 5.05. The number of thioether (sulfide) groups is 1. The fourth-order valence-electron chi connectivity index (χ4n) is 2.27. The van der Waals surface area contributed by atoms with Crippen LogP contribution >= 0.6 is 11.8 Å². The maximum atomic E-state index is 13.0. The summed E-state index contributed by atoms with van der Waals surface area (Å²) in [6.45, 7) is 2.20. The summed E-state index contributed by atoms with van der Waals surface area (Å²) >= 11 is 1.38. The van der Waals surface area contributed by atoms with E-state index in [4.69, 9.17) is 0 Å². The van der Waals surface area contributed by atoms with Gasteiger partial charge >= 0.3 is 0 Å². The van der Waals surface area contributed by atoms with Gasteiger partial charge in [-0.2, -0.15) is 5.10 Å². The van der Waals surface area contributed by atoms with Crippen LogP contribution in [0.1, 0.15) is 18.1 Å². The molecule has 0 spiro atoms. The molecule has 1 saturated heterocycles. The summed E-state index contributed by atoms with van der Waals surface area (Å²) in [6, 6.07) is 15.7. The average molecular weight is 341 g/mol. The minimum atomic E-state index is -0.296. The van der Waals surface area contributed by atoms with E-state index < -0.39 is 0 Å². The summed E-state index contributed by atoms with van der Waals surface area (Å²) < 4.78 is 13.0. The largest absolute Gasteiger partial charge is 0.284 e. The van der Waals surface area contributed by atoms with Crippen LogP contribution in [0.5, 0.6) is 0 Å². The van der Waals surface area contributed by atoms with E-state index in [2.05, 4.69) is 10.2 Å². The highest BCUT2D eigenvalue weighted by molar-refractivity contribution is 8.15. The monoisotopic (exact) mass is 341 g/mol. The molecule has 24 heavy (non-hydrogen) atoms. The zero-order valence-corrected chi connectivity index (χ0v) is 13.9. The lowest BCUT2D eigenvalue weighted by Gasteiger charge is -2.15. The Morgan fingerprint density at radius 3 is 2.58 bits per heavy atom. The lowest BCUT2D eigenvalue weighted by molar-refractivity contribution is -0.126. The molecule has 0 aromatic heterocycles. The van der Waals surface area contributed by atoms with Crippen molar-refractivity contribution in [1.82, 2.24) is 4.90 Å². The summed E-state index contributed by atoms with van der Waals surface area (Å²) in [7, 11) is 0. The third-order valence-corrected chi connectivity index (χ3v) is 4.60. The van der Waals surface area contributed by atoms with Crippen molar-refractivity contribution in [2.45, 2.75) is 18.7 Å². The second-order valence-electron chi connectivity index (χ2n) is 5.35. The van der Waals surface area contributed by atoms with Crippen molar-refractivity contribution in [1.29, 1.82) is 0 Å². The lowest BCUT2D eigenvalue weighted by Crippen LogP contribution is -2.30. The minimum absolute atomic E-state index is 0.0158. The van der Waals surface area contributed by atoms with Gasteiger partial charge in [0.1, 0.15) is 5.82 Å². The molecule has 1 unspecified atom stereocenters. The van der Waals surface area contributed by atoms with Crippen molar-refractivity contribution < 1.29 is 9.18 Å². The van der Waals surface area contributed by atoms with Gasteiger partial charge in [0.05, 0.1) is 18.0 Å². The molecule has 1 atom stereocenters. The molecule has 1 aliphatic rings. The van der Waals surface area contributed by atoms with Gasteiger partial charge in [-0.25, -0.2) is 4.39 Å². The van der Waals surface area contributed by atoms with Crippen LogP contribution < -0.4 is 0 Å². The van der Waals surface area contributed by atoms with Gasteiger partial charge in [0.25, 0.3) is 0 Å². The molecular weight excluding hydrogens is 325 g/mol. The summed E-state index contributed by atoms with van der Waals surface area (Å²) in [5.41, 5.74) is 1.79. The number of halogens is 1. The van der Waals surface area contributed by atoms with Crippen molar-refractivity contribution in [3.8, 4) is 0 Å². The van der Waals surface area contributed by atoms with Crippen LogP contribution in [0.15, 0.2) is 64.8 Å². The first kappa shape index (κ1) is 16.4. The Morgan fingerprint density at radius 2 is 1.88 bits per heavy atom. The molecule has 0 radical (unpaired) electrons. The first-order chi connectivity index (χ1) is 11.6. The third-order valence-electron chi connectivity index (χ3n) is 3.53. The number of carbonyl (C=O) groups is 1. The molecule has 2 aromatic carbocycles. The van der Waals surface area contributed by atoms with Gasteiger partial charge in [-0.05, 0) is 30.2 Å². The van der Waals surface area contributed by atoms with Gasteiger partial charge in [-0.1, -0.05) is 54.2 Å². The second-order valence-corrected chi connectivity index (χ2v) is 6.66. The van der Waals surface area contributed by atoms with Crippen molar-refractivity contribution in [3.05, 3.63) is 71.5 Å². The molecule has 1 heterocycles. The van der Waals surface area contributed by atoms with Crippen molar-refractivity contribution in [2.75, 3.05) is 0 Å². The Hall–Kier alpha value is -2.47. The number of carbonyl (C=O) groups excluding carboxylic acids is 1. The third kappa shape index (κ3) is 3.89. The molecule has 1 aliphatic heterocycles. The number of rotatable bonds is 4. The van der Waals surface area contributed by atoms with Crippen molar-refractivity contribution in [3.63, 3.8) is 0 Å². The first-order valence-electron chi connectivity index (χ1n) is 7.52. The van der Waals surface area contributed by atoms with Crippen LogP contribution in [0, 0.1) is 5.82 Å². The Morgan fingerprint density at radius 1 is 1.17 bits per heavy atom. The second kappa shape index (κ2) is 7.40. The SMILES string of the molecule is CC1SC(=NN=Cc2ccccc2)N(Cc2ccc(F)cc2)C1=O. The first-order valence-corrected chi connectivity index (χ1v) is 8.40. The standard InChI is InChI=1S/C18H16FN3OS/c1-13-17(23)22(12-15-7-9-16(19)10-8-15)18(24-13)21-20-11-14-5-3-2-4-6-14/h2-11,13H,12H2,1H3. The molecule has 2 aromatic rings. The number of nitrogens with zero attached hydrogens (tertiary/aromatic N) is 3. The fraction of sp³-hybridized carbons (Fsp3) is 0.167. The number of amidine groups is 1. The van der Waals surface area contributed by atoms with Crippen LogP contribution in [0.2, 0.25) is 0 Å². The van der Waals surface area contributed by atoms with E-state index in [-0.39, 0.29) is 17.0 Å². The summed E-state index contributed by atoms with van der Waals surface area (Å²) in [4.78, 5) is 13.9. The van der Waals surface area contributed by atoms with E-state index in [1.807, 2.05) is 37.3 Å². The molecule has 3 rings (SSSR count). The molecule has 0 N–H and O–H groups in total. The minimum Gasteiger partial charge on any atom is -0.284 e. The molecule has 1 amide bonds. The van der Waals surface area contributed by atoms with Gasteiger partial charge in [0.2, 0.25) is 5.91 Å². The smallest absolute Gasteiger partial charge is 0.242 e. The molecule has 0 bridgehead atoms. The Bertz CT molecular complexity index is 775. The van der Waals surface area contributed by atoms with Gasteiger partial charge < -0.3 is 0 Å². The summed E-state index contributed by atoms with van der Waals surface area (Å²) in [6.07, 6.45) is 1.65. The van der Waals surface area contributed by atoms with E-state index in [1.54, 1.807) is 23.2 Å². The quantitative estimate of drug-likeness (QED) is 0.629. The van der Waals surface area contributed by atoms with E-state index in [0.29, 0.717) is 11.7 Å². The topological polar surface area (TPSA) is 45.0 Å². The van der Waals surface area contributed by atoms with E-state index in [0.717, 1.165) is 11.1 Å². The number of benzene rings is 2. The Labute approximate surface area is 144 Å². The summed E-state index contributed by atoms with van der Waals surface area (Å²) in [5.74, 6) is -0.312. The van der Waals surface area contributed by atoms with Crippen molar-refractivity contribution >= 4 is 29.1 Å². The van der Waals surface area contributed by atoms with Crippen LogP contribution in [-0.2, 0) is 11.3 Å². The molecule has 4 nitrogen and oxygen atoms in total. The normalized spacial score (nSPS) is 19.6. The van der Waals surface area contributed by atoms with Crippen LogP contribution in [0.25, 0.3) is 0 Å². The fourth-order valence-corrected chi connectivity index (χ4v) is 3.19. The highest BCUT2D eigenvalue weighted by Crippen LogP contribution is 2.28. The predicted molar refractivity (Wildman–Crippen MR) is 95.5 cm³/mol. The maximum Gasteiger partial charge on any atom is 0.242 e. The molecule has 0 aliphatic carbocycles. The maximum absolute atomic E-state index is 13.0. The number of amides is 1. The van der Waals surface area contributed by atoms with Crippen LogP contribution in [0.4, 0.5) is 4.39 Å². The van der Waals surface area contributed by atoms with E-state index in [9.17, 15) is 9.18 Å². The van der Waals surface area contributed by atoms with Gasteiger partial charge in [-0.3, -0.25) is 9.69 Å². The van der Waals surface area contributed by atoms with Gasteiger partial charge in [0.15, 0.2) is 5.17 Å². The number of hydrogen-bond donors (Lipinski definition) is 0. The zero-order chi connectivity index (χ0) is 16.9. The molecule has 6 heteroatoms. The van der Waals surface area contributed by atoms with Gasteiger partial charge in [-0.15, -0.1) is 5.10 Å². The molecule has 1 fully saturated rings. The predicted octanol–water partition coefficient (Wildman–Crippen LogP) is 3.68. The average Bonchev–Trinajstić information content (AvgIpc) is 2.86. The number of hydrogen-bond acceptors (Lipinski definition) is 4. The van der Waals surface area contributed by atoms with E-state index in [1.165, 1.54) is 23.9 Å². The Balaban J connectivity index is 1.77. The lowest BCUT2D eigenvalue weighted by atomic mass is 10.2. The van der Waals surface area contributed by atoms with Crippen molar-refractivity contribution in [2.24, 2.45) is 10.2 Å². The summed E-state index contributed by atoms with van der Waals surface area (Å²) in [5, 5.41) is 8.64. The highest BCUT2D eigenvalue weighted by atomic mass is 32.2.